The van der Waals surface area contributed by atoms with Gasteiger partial charge in [-0.3, -0.25) is 0 Å². The van der Waals surface area contributed by atoms with E-state index in [1.807, 2.05) is 12.1 Å². The lowest BCUT2D eigenvalue weighted by molar-refractivity contribution is 0.409. The first-order chi connectivity index (χ1) is 9.72. The standard InChI is InChI=1S/C17H29FN2/c1-3-8-15(12-13-19)9-7-14-20(4-2)17-11-6-5-10-16(17)18/h5-6,10-11,15H,3-4,7-9,12-14,19H2,1-2H3. The quantitative estimate of drug-likeness (QED) is 0.696. The monoisotopic (exact) mass is 280 g/mol. The molecule has 0 aliphatic carbocycles. The molecule has 0 heterocycles. The Morgan fingerprint density at radius 2 is 1.90 bits per heavy atom. The number of benzene rings is 1. The lowest BCUT2D eigenvalue weighted by Gasteiger charge is -2.24. The first-order valence-corrected chi connectivity index (χ1v) is 7.92. The van der Waals surface area contributed by atoms with E-state index in [4.69, 9.17) is 5.73 Å². The normalized spacial score (nSPS) is 12.4. The minimum atomic E-state index is -0.124. The molecular formula is C17H29FN2. The third-order valence-electron chi connectivity index (χ3n) is 3.89. The largest absolute Gasteiger partial charge is 0.369 e. The minimum absolute atomic E-state index is 0.124. The summed E-state index contributed by atoms with van der Waals surface area (Å²) in [5.41, 5.74) is 6.39. The number of rotatable bonds is 10. The van der Waals surface area contributed by atoms with Crippen LogP contribution in [0.1, 0.15) is 46.0 Å². The molecule has 20 heavy (non-hydrogen) atoms. The second-order valence-corrected chi connectivity index (χ2v) is 5.41. The molecule has 1 aromatic rings. The fourth-order valence-corrected chi connectivity index (χ4v) is 2.80. The maximum Gasteiger partial charge on any atom is 0.146 e. The highest BCUT2D eigenvalue weighted by Gasteiger charge is 2.11. The molecule has 0 spiro atoms. The third kappa shape index (κ3) is 5.49. The van der Waals surface area contributed by atoms with Gasteiger partial charge in [0.25, 0.3) is 0 Å². The SMILES string of the molecule is CCCC(CCN)CCCN(CC)c1ccccc1F. The van der Waals surface area contributed by atoms with E-state index in [1.54, 1.807) is 6.07 Å². The molecule has 3 heteroatoms. The van der Waals surface area contributed by atoms with Crippen molar-refractivity contribution < 1.29 is 4.39 Å². The maximum absolute atomic E-state index is 13.8. The molecule has 0 amide bonds. The van der Waals surface area contributed by atoms with E-state index in [1.165, 1.54) is 25.3 Å². The summed E-state index contributed by atoms with van der Waals surface area (Å²) in [7, 11) is 0. The van der Waals surface area contributed by atoms with Crippen LogP contribution in [-0.2, 0) is 0 Å². The summed E-state index contributed by atoms with van der Waals surface area (Å²) in [5.74, 6) is 0.603. The highest BCUT2D eigenvalue weighted by atomic mass is 19.1. The summed E-state index contributed by atoms with van der Waals surface area (Å²) in [6, 6.07) is 7.04. The van der Waals surface area contributed by atoms with Gasteiger partial charge in [0.05, 0.1) is 5.69 Å². The molecule has 2 N–H and O–H groups in total. The Labute approximate surface area is 123 Å². The number of para-hydroxylation sites is 1. The van der Waals surface area contributed by atoms with Crippen molar-refractivity contribution in [3.63, 3.8) is 0 Å². The first-order valence-electron chi connectivity index (χ1n) is 7.92. The summed E-state index contributed by atoms with van der Waals surface area (Å²) in [5, 5.41) is 0. The highest BCUT2D eigenvalue weighted by molar-refractivity contribution is 5.47. The fraction of sp³-hybridized carbons (Fsp3) is 0.647. The molecule has 0 saturated heterocycles. The summed E-state index contributed by atoms with van der Waals surface area (Å²) in [4.78, 5) is 2.13. The van der Waals surface area contributed by atoms with Gasteiger partial charge in [0.2, 0.25) is 0 Å². The van der Waals surface area contributed by atoms with Gasteiger partial charge in [0.15, 0.2) is 0 Å². The topological polar surface area (TPSA) is 29.3 Å². The second-order valence-electron chi connectivity index (χ2n) is 5.41. The van der Waals surface area contributed by atoms with Crippen LogP contribution in [0, 0.1) is 11.7 Å². The summed E-state index contributed by atoms with van der Waals surface area (Å²) >= 11 is 0. The fourth-order valence-electron chi connectivity index (χ4n) is 2.80. The van der Waals surface area contributed by atoms with E-state index in [0.29, 0.717) is 0 Å². The van der Waals surface area contributed by atoms with E-state index >= 15 is 0 Å². The van der Waals surface area contributed by atoms with Crippen LogP contribution in [0.3, 0.4) is 0 Å². The summed E-state index contributed by atoms with van der Waals surface area (Å²) < 4.78 is 13.8. The summed E-state index contributed by atoms with van der Waals surface area (Å²) in [6.45, 7) is 6.84. The Bertz CT molecular complexity index is 362. The van der Waals surface area contributed by atoms with Crippen molar-refractivity contribution in [3.8, 4) is 0 Å². The zero-order valence-corrected chi connectivity index (χ0v) is 12.9. The van der Waals surface area contributed by atoms with E-state index < -0.39 is 0 Å². The Hall–Kier alpha value is -1.09. The van der Waals surface area contributed by atoms with Gasteiger partial charge in [0, 0.05) is 13.1 Å². The average Bonchev–Trinajstić information content (AvgIpc) is 2.45. The smallest absolute Gasteiger partial charge is 0.146 e. The molecule has 0 bridgehead atoms. The lowest BCUT2D eigenvalue weighted by atomic mass is 9.94. The number of halogens is 1. The van der Waals surface area contributed by atoms with Gasteiger partial charge in [-0.15, -0.1) is 0 Å². The molecule has 0 radical (unpaired) electrons. The molecule has 1 rings (SSSR count). The van der Waals surface area contributed by atoms with Gasteiger partial charge in [0.1, 0.15) is 5.82 Å². The van der Waals surface area contributed by atoms with Crippen molar-refractivity contribution in [3.05, 3.63) is 30.1 Å². The number of hydrogen-bond donors (Lipinski definition) is 1. The number of anilines is 1. The van der Waals surface area contributed by atoms with Gasteiger partial charge in [-0.05, 0) is 50.8 Å². The first kappa shape index (κ1) is 17.0. The van der Waals surface area contributed by atoms with E-state index in [2.05, 4.69) is 18.7 Å². The van der Waals surface area contributed by atoms with Gasteiger partial charge in [-0.2, -0.15) is 0 Å². The van der Waals surface area contributed by atoms with E-state index in [9.17, 15) is 4.39 Å². The van der Waals surface area contributed by atoms with Crippen LogP contribution in [0.25, 0.3) is 0 Å². The molecule has 114 valence electrons. The lowest BCUT2D eigenvalue weighted by Crippen LogP contribution is -2.25. The van der Waals surface area contributed by atoms with Crippen molar-refractivity contribution in [1.82, 2.24) is 0 Å². The Morgan fingerprint density at radius 3 is 2.50 bits per heavy atom. The third-order valence-corrected chi connectivity index (χ3v) is 3.89. The molecule has 1 atom stereocenters. The molecule has 1 unspecified atom stereocenters. The number of hydrogen-bond acceptors (Lipinski definition) is 2. The van der Waals surface area contributed by atoms with Crippen molar-refractivity contribution in [2.24, 2.45) is 11.7 Å². The zero-order chi connectivity index (χ0) is 14.8. The Kier molecular flexibility index (Phi) is 8.28. The molecule has 0 fully saturated rings. The van der Waals surface area contributed by atoms with Crippen LogP contribution in [0.2, 0.25) is 0 Å². The predicted molar refractivity (Wildman–Crippen MR) is 85.6 cm³/mol. The Balaban J connectivity index is 2.47. The van der Waals surface area contributed by atoms with Crippen LogP contribution in [0.5, 0.6) is 0 Å². The van der Waals surface area contributed by atoms with Crippen molar-refractivity contribution >= 4 is 5.69 Å². The van der Waals surface area contributed by atoms with Crippen molar-refractivity contribution in [1.29, 1.82) is 0 Å². The van der Waals surface area contributed by atoms with Crippen molar-refractivity contribution in [2.45, 2.75) is 46.0 Å². The van der Waals surface area contributed by atoms with Gasteiger partial charge in [-0.25, -0.2) is 4.39 Å². The number of nitrogens with zero attached hydrogens (tertiary/aromatic N) is 1. The molecule has 2 nitrogen and oxygen atoms in total. The van der Waals surface area contributed by atoms with Crippen LogP contribution in [0.4, 0.5) is 10.1 Å². The van der Waals surface area contributed by atoms with Crippen molar-refractivity contribution in [2.75, 3.05) is 24.5 Å². The van der Waals surface area contributed by atoms with E-state index in [-0.39, 0.29) is 5.82 Å². The van der Waals surface area contributed by atoms with Gasteiger partial charge >= 0.3 is 0 Å². The number of nitrogens with two attached hydrogens (primary N) is 1. The highest BCUT2D eigenvalue weighted by Crippen LogP contribution is 2.21. The Morgan fingerprint density at radius 1 is 1.15 bits per heavy atom. The minimum Gasteiger partial charge on any atom is -0.369 e. The molecule has 0 saturated carbocycles. The molecule has 0 aliphatic heterocycles. The van der Waals surface area contributed by atoms with Crippen LogP contribution in [0.15, 0.2) is 24.3 Å². The van der Waals surface area contributed by atoms with Crippen LogP contribution >= 0.6 is 0 Å². The van der Waals surface area contributed by atoms with Gasteiger partial charge in [-0.1, -0.05) is 31.9 Å². The molecule has 1 aromatic carbocycles. The maximum atomic E-state index is 13.8. The second kappa shape index (κ2) is 9.76. The van der Waals surface area contributed by atoms with Crippen LogP contribution < -0.4 is 10.6 Å². The van der Waals surface area contributed by atoms with Crippen LogP contribution in [-0.4, -0.2) is 19.6 Å². The molecule has 0 aromatic heterocycles. The average molecular weight is 280 g/mol. The van der Waals surface area contributed by atoms with Gasteiger partial charge < -0.3 is 10.6 Å². The predicted octanol–water partition coefficient (Wildman–Crippen LogP) is 4.20. The molecular weight excluding hydrogens is 251 g/mol. The molecule has 0 aliphatic rings. The van der Waals surface area contributed by atoms with E-state index in [0.717, 1.165) is 44.1 Å². The summed E-state index contributed by atoms with van der Waals surface area (Å²) in [6.07, 6.45) is 5.88. The zero-order valence-electron chi connectivity index (χ0n) is 12.9.